The summed E-state index contributed by atoms with van der Waals surface area (Å²) < 4.78 is 12.1. The van der Waals surface area contributed by atoms with Crippen LogP contribution in [-0.2, 0) is 15.9 Å². The molecule has 3 rings (SSSR count). The minimum Gasteiger partial charge on any atom is -0.390 e. The molecule has 1 aliphatic rings. The number of fused-ring (bicyclic) bond motifs is 1. The molecule has 0 bridgehead atoms. The molecule has 2 unspecified atom stereocenters. The van der Waals surface area contributed by atoms with Gasteiger partial charge < -0.3 is 14.6 Å². The maximum Gasteiger partial charge on any atom is 0.107 e. The van der Waals surface area contributed by atoms with E-state index in [1.54, 1.807) is 11.3 Å². The van der Waals surface area contributed by atoms with Crippen molar-refractivity contribution in [2.24, 2.45) is 0 Å². The van der Waals surface area contributed by atoms with Gasteiger partial charge in [-0.1, -0.05) is 18.2 Å². The minimum atomic E-state index is -0.497. The van der Waals surface area contributed by atoms with Crippen LogP contribution in [0.15, 0.2) is 29.6 Å². The first kappa shape index (κ1) is 12.1. The van der Waals surface area contributed by atoms with Gasteiger partial charge in [-0.15, -0.1) is 11.3 Å². The Morgan fingerprint density at radius 3 is 3.06 bits per heavy atom. The summed E-state index contributed by atoms with van der Waals surface area (Å²) >= 11 is 1.72. The summed E-state index contributed by atoms with van der Waals surface area (Å²) in [6.45, 7) is 1.69. The third kappa shape index (κ3) is 2.42. The maximum atomic E-state index is 10.2. The third-order valence-corrected chi connectivity index (χ3v) is 4.27. The van der Waals surface area contributed by atoms with Crippen molar-refractivity contribution in [1.82, 2.24) is 0 Å². The van der Waals surface area contributed by atoms with Gasteiger partial charge in [0.2, 0.25) is 0 Å². The lowest BCUT2D eigenvalue weighted by molar-refractivity contribution is -0.131. The van der Waals surface area contributed by atoms with Crippen molar-refractivity contribution < 1.29 is 14.6 Å². The number of ether oxygens (including phenoxy) is 2. The fraction of sp³-hybridized carbons (Fsp3) is 0.429. The normalized spacial score (nSPS) is 22.2. The van der Waals surface area contributed by atoms with Crippen LogP contribution in [0.3, 0.4) is 0 Å². The summed E-state index contributed by atoms with van der Waals surface area (Å²) in [6.07, 6.45) is -0.0707. The van der Waals surface area contributed by atoms with Crippen LogP contribution < -0.4 is 0 Å². The number of thiophene rings is 1. The van der Waals surface area contributed by atoms with Gasteiger partial charge in [-0.3, -0.25) is 0 Å². The molecule has 0 aliphatic carbocycles. The number of aliphatic hydroxyl groups excluding tert-OH is 1. The van der Waals surface area contributed by atoms with Crippen LogP contribution in [0.4, 0.5) is 0 Å². The molecule has 1 aromatic heterocycles. The van der Waals surface area contributed by atoms with Gasteiger partial charge in [0.05, 0.1) is 25.9 Å². The molecule has 1 aromatic carbocycles. The Balaban J connectivity index is 1.75. The first-order chi connectivity index (χ1) is 8.84. The highest BCUT2D eigenvalue weighted by Gasteiger charge is 2.24. The van der Waals surface area contributed by atoms with Gasteiger partial charge in [-0.25, -0.2) is 0 Å². The van der Waals surface area contributed by atoms with Crippen molar-refractivity contribution >= 4 is 21.4 Å². The molecule has 4 heteroatoms. The minimum absolute atomic E-state index is 0.197. The van der Waals surface area contributed by atoms with Crippen LogP contribution in [0, 0.1) is 0 Å². The van der Waals surface area contributed by atoms with E-state index in [1.165, 1.54) is 15.6 Å². The van der Waals surface area contributed by atoms with Gasteiger partial charge in [0, 0.05) is 11.1 Å². The summed E-state index contributed by atoms with van der Waals surface area (Å²) in [7, 11) is 0. The van der Waals surface area contributed by atoms with E-state index >= 15 is 0 Å². The zero-order valence-corrected chi connectivity index (χ0v) is 10.9. The molecule has 1 fully saturated rings. The van der Waals surface area contributed by atoms with E-state index < -0.39 is 6.10 Å². The third-order valence-electron chi connectivity index (χ3n) is 3.26. The molecule has 2 heterocycles. The molecule has 0 spiro atoms. The SMILES string of the molecule is OC(Cc1csc2ccccc12)C1COCCO1. The van der Waals surface area contributed by atoms with Crippen molar-refractivity contribution in [1.29, 1.82) is 0 Å². The topological polar surface area (TPSA) is 38.7 Å². The monoisotopic (exact) mass is 264 g/mol. The molecule has 1 N–H and O–H groups in total. The van der Waals surface area contributed by atoms with E-state index in [9.17, 15) is 5.11 Å². The quantitative estimate of drug-likeness (QED) is 0.924. The summed E-state index contributed by atoms with van der Waals surface area (Å²) in [6, 6.07) is 8.28. The second-order valence-electron chi connectivity index (χ2n) is 4.51. The first-order valence-electron chi connectivity index (χ1n) is 6.17. The number of aliphatic hydroxyl groups is 1. The highest BCUT2D eigenvalue weighted by atomic mass is 32.1. The van der Waals surface area contributed by atoms with Crippen LogP contribution in [0.25, 0.3) is 10.1 Å². The highest BCUT2D eigenvalue weighted by Crippen LogP contribution is 2.27. The Morgan fingerprint density at radius 1 is 1.33 bits per heavy atom. The predicted molar refractivity (Wildman–Crippen MR) is 72.1 cm³/mol. The summed E-state index contributed by atoms with van der Waals surface area (Å²) in [5, 5.41) is 13.6. The van der Waals surface area contributed by atoms with Crippen molar-refractivity contribution in [2.45, 2.75) is 18.6 Å². The van der Waals surface area contributed by atoms with E-state index in [2.05, 4.69) is 17.5 Å². The van der Waals surface area contributed by atoms with Crippen molar-refractivity contribution in [3.05, 3.63) is 35.2 Å². The number of hydrogen-bond acceptors (Lipinski definition) is 4. The standard InChI is InChI=1S/C14H16O3S/c15-12(13-8-16-5-6-17-13)7-10-9-18-14-4-2-1-3-11(10)14/h1-4,9,12-13,15H,5-8H2. The molecular weight excluding hydrogens is 248 g/mol. The molecule has 0 saturated carbocycles. The number of hydrogen-bond donors (Lipinski definition) is 1. The molecule has 2 aromatic rings. The lowest BCUT2D eigenvalue weighted by Crippen LogP contribution is -2.39. The van der Waals surface area contributed by atoms with Crippen LogP contribution in [-0.4, -0.2) is 37.1 Å². The Bertz CT molecular complexity index is 516. The second kappa shape index (κ2) is 5.36. The lowest BCUT2D eigenvalue weighted by Gasteiger charge is -2.27. The number of benzene rings is 1. The molecule has 0 radical (unpaired) electrons. The molecular formula is C14H16O3S. The zero-order chi connectivity index (χ0) is 12.4. The molecule has 96 valence electrons. The van der Waals surface area contributed by atoms with Crippen molar-refractivity contribution in [2.75, 3.05) is 19.8 Å². The Morgan fingerprint density at radius 2 is 2.22 bits per heavy atom. The van der Waals surface area contributed by atoms with Crippen LogP contribution in [0.2, 0.25) is 0 Å². The summed E-state index contributed by atoms with van der Waals surface area (Å²) in [5.74, 6) is 0. The fourth-order valence-corrected chi connectivity index (χ4v) is 3.25. The average molecular weight is 264 g/mol. The molecule has 1 saturated heterocycles. The summed E-state index contributed by atoms with van der Waals surface area (Å²) in [5.41, 5.74) is 1.19. The molecule has 1 aliphatic heterocycles. The largest absolute Gasteiger partial charge is 0.390 e. The number of rotatable bonds is 3. The Kier molecular flexibility index (Phi) is 3.61. The molecule has 0 amide bonds. The van der Waals surface area contributed by atoms with Gasteiger partial charge in [0.1, 0.15) is 6.10 Å². The van der Waals surface area contributed by atoms with E-state index in [0.717, 1.165) is 0 Å². The predicted octanol–water partition coefficient (Wildman–Crippen LogP) is 2.22. The fourth-order valence-electron chi connectivity index (χ4n) is 2.28. The van der Waals surface area contributed by atoms with Gasteiger partial charge >= 0.3 is 0 Å². The zero-order valence-electron chi connectivity index (χ0n) is 10.0. The lowest BCUT2D eigenvalue weighted by atomic mass is 10.0. The van der Waals surface area contributed by atoms with Crippen molar-refractivity contribution in [3.63, 3.8) is 0 Å². The Hall–Kier alpha value is -0.940. The highest BCUT2D eigenvalue weighted by molar-refractivity contribution is 7.17. The van der Waals surface area contributed by atoms with Gasteiger partial charge in [-0.2, -0.15) is 0 Å². The van der Waals surface area contributed by atoms with Crippen LogP contribution >= 0.6 is 11.3 Å². The smallest absolute Gasteiger partial charge is 0.107 e. The van der Waals surface area contributed by atoms with E-state index in [4.69, 9.17) is 9.47 Å². The first-order valence-corrected chi connectivity index (χ1v) is 7.05. The molecule has 18 heavy (non-hydrogen) atoms. The maximum absolute atomic E-state index is 10.2. The van der Waals surface area contributed by atoms with Gasteiger partial charge in [-0.05, 0) is 22.4 Å². The van der Waals surface area contributed by atoms with Gasteiger partial charge in [0.15, 0.2) is 0 Å². The second-order valence-corrected chi connectivity index (χ2v) is 5.42. The van der Waals surface area contributed by atoms with Crippen LogP contribution in [0.5, 0.6) is 0 Å². The van der Waals surface area contributed by atoms with Gasteiger partial charge in [0.25, 0.3) is 0 Å². The summed E-state index contributed by atoms with van der Waals surface area (Å²) in [4.78, 5) is 0. The van der Waals surface area contributed by atoms with Crippen LogP contribution in [0.1, 0.15) is 5.56 Å². The Labute approximate surface area is 110 Å². The van der Waals surface area contributed by atoms with E-state index in [0.29, 0.717) is 26.2 Å². The molecule has 3 nitrogen and oxygen atoms in total. The van der Waals surface area contributed by atoms with E-state index in [-0.39, 0.29) is 6.10 Å². The van der Waals surface area contributed by atoms with Crippen molar-refractivity contribution in [3.8, 4) is 0 Å². The van der Waals surface area contributed by atoms with E-state index in [1.807, 2.05) is 12.1 Å². The average Bonchev–Trinajstić information content (AvgIpc) is 2.83. The molecule has 2 atom stereocenters.